The molecule has 3 rings (SSSR count). The molecule has 0 saturated heterocycles. The molecule has 1 atom stereocenters. The molecule has 1 amide bonds. The van der Waals surface area contributed by atoms with Crippen molar-refractivity contribution in [3.8, 4) is 0 Å². The second-order valence-corrected chi connectivity index (χ2v) is 6.08. The van der Waals surface area contributed by atoms with Crippen LogP contribution in [0.4, 0.5) is 0 Å². The number of carbonyl (C=O) groups excluding carboxylic acids is 1. The van der Waals surface area contributed by atoms with Gasteiger partial charge in [-0.3, -0.25) is 4.79 Å². The van der Waals surface area contributed by atoms with E-state index in [1.807, 2.05) is 35.2 Å². The van der Waals surface area contributed by atoms with Crippen LogP contribution in [0.3, 0.4) is 0 Å². The molecule has 2 nitrogen and oxygen atoms in total. The van der Waals surface area contributed by atoms with E-state index in [0.29, 0.717) is 12.5 Å². The molecule has 0 radical (unpaired) electrons. The maximum Gasteiger partial charge on any atom is 0.254 e. The van der Waals surface area contributed by atoms with Gasteiger partial charge in [0.2, 0.25) is 0 Å². The van der Waals surface area contributed by atoms with Crippen molar-refractivity contribution >= 4 is 5.91 Å². The van der Waals surface area contributed by atoms with Crippen molar-refractivity contribution in [1.29, 1.82) is 0 Å². The average Bonchev–Trinajstić information content (AvgIpc) is 2.53. The van der Waals surface area contributed by atoms with Gasteiger partial charge >= 0.3 is 0 Å². The Bertz CT molecular complexity index is 633. The van der Waals surface area contributed by atoms with Gasteiger partial charge in [0.15, 0.2) is 0 Å². The fraction of sp³-hybridized carbons (Fsp3) is 0.316. The van der Waals surface area contributed by atoms with Crippen LogP contribution in [0.1, 0.15) is 35.3 Å². The van der Waals surface area contributed by atoms with Crippen molar-refractivity contribution in [2.24, 2.45) is 5.92 Å². The SMILES string of the molecule is CC(C)[C@@H]1Cc2ccccc2CN1C(=O)c1ccccc1. The van der Waals surface area contributed by atoms with Gasteiger partial charge in [-0.15, -0.1) is 0 Å². The Morgan fingerprint density at radius 3 is 2.29 bits per heavy atom. The second-order valence-electron chi connectivity index (χ2n) is 6.08. The summed E-state index contributed by atoms with van der Waals surface area (Å²) in [7, 11) is 0. The van der Waals surface area contributed by atoms with Gasteiger partial charge < -0.3 is 4.90 Å². The molecule has 0 N–H and O–H groups in total. The zero-order valence-electron chi connectivity index (χ0n) is 12.6. The fourth-order valence-corrected chi connectivity index (χ4v) is 3.11. The zero-order chi connectivity index (χ0) is 14.8. The minimum absolute atomic E-state index is 0.142. The van der Waals surface area contributed by atoms with Crippen molar-refractivity contribution in [2.75, 3.05) is 0 Å². The van der Waals surface area contributed by atoms with E-state index < -0.39 is 0 Å². The zero-order valence-corrected chi connectivity index (χ0v) is 12.6. The molecule has 0 aromatic heterocycles. The number of amides is 1. The molecule has 2 aromatic rings. The lowest BCUT2D eigenvalue weighted by Gasteiger charge is -2.39. The van der Waals surface area contributed by atoms with Crippen LogP contribution in [0.15, 0.2) is 54.6 Å². The largest absolute Gasteiger partial charge is 0.331 e. The number of hydrogen-bond acceptors (Lipinski definition) is 1. The normalized spacial score (nSPS) is 17.7. The number of hydrogen-bond donors (Lipinski definition) is 0. The van der Waals surface area contributed by atoms with Gasteiger partial charge in [-0.1, -0.05) is 56.3 Å². The molecule has 0 spiro atoms. The molecule has 0 bridgehead atoms. The number of nitrogens with zero attached hydrogens (tertiary/aromatic N) is 1. The maximum atomic E-state index is 12.9. The smallest absolute Gasteiger partial charge is 0.254 e. The van der Waals surface area contributed by atoms with E-state index in [4.69, 9.17) is 0 Å². The number of carbonyl (C=O) groups is 1. The summed E-state index contributed by atoms with van der Waals surface area (Å²) in [5.74, 6) is 0.592. The Balaban J connectivity index is 1.94. The highest BCUT2D eigenvalue weighted by molar-refractivity contribution is 5.94. The molecule has 2 heteroatoms. The minimum atomic E-state index is 0.142. The number of rotatable bonds is 2. The fourth-order valence-electron chi connectivity index (χ4n) is 3.11. The van der Waals surface area contributed by atoms with Gasteiger partial charge in [0.1, 0.15) is 0 Å². The van der Waals surface area contributed by atoms with E-state index in [1.54, 1.807) is 0 Å². The molecular formula is C19H21NO. The van der Waals surface area contributed by atoms with Crippen molar-refractivity contribution in [3.63, 3.8) is 0 Å². The standard InChI is InChI=1S/C19H21NO/c1-14(2)18-12-16-10-6-7-11-17(16)13-20(18)19(21)15-8-4-3-5-9-15/h3-11,14,18H,12-13H2,1-2H3/t18-/m0/s1. The van der Waals surface area contributed by atoms with Crippen molar-refractivity contribution < 1.29 is 4.79 Å². The third kappa shape index (κ3) is 2.71. The molecule has 21 heavy (non-hydrogen) atoms. The summed E-state index contributed by atoms with van der Waals surface area (Å²) in [5, 5.41) is 0. The first-order valence-electron chi connectivity index (χ1n) is 7.59. The van der Waals surface area contributed by atoms with Crippen LogP contribution in [0.25, 0.3) is 0 Å². The van der Waals surface area contributed by atoms with Gasteiger partial charge in [-0.05, 0) is 35.6 Å². The quantitative estimate of drug-likeness (QED) is 0.816. The topological polar surface area (TPSA) is 20.3 Å². The molecule has 0 aliphatic carbocycles. The van der Waals surface area contributed by atoms with Gasteiger partial charge in [0.05, 0.1) is 0 Å². The number of benzene rings is 2. The van der Waals surface area contributed by atoms with E-state index in [1.165, 1.54) is 11.1 Å². The van der Waals surface area contributed by atoms with Gasteiger partial charge in [0, 0.05) is 18.2 Å². The molecule has 2 aromatic carbocycles. The first-order valence-corrected chi connectivity index (χ1v) is 7.59. The predicted octanol–water partition coefficient (Wildman–Crippen LogP) is 3.91. The van der Waals surface area contributed by atoms with E-state index in [9.17, 15) is 4.79 Å². The summed E-state index contributed by atoms with van der Waals surface area (Å²) >= 11 is 0. The van der Waals surface area contributed by atoms with Crippen LogP contribution < -0.4 is 0 Å². The number of fused-ring (bicyclic) bond motifs is 1. The molecule has 0 fully saturated rings. The highest BCUT2D eigenvalue weighted by Crippen LogP contribution is 2.28. The van der Waals surface area contributed by atoms with Crippen molar-refractivity contribution in [1.82, 2.24) is 4.90 Å². The third-order valence-electron chi connectivity index (χ3n) is 4.34. The molecule has 0 unspecified atom stereocenters. The first-order chi connectivity index (χ1) is 10.2. The highest BCUT2D eigenvalue weighted by Gasteiger charge is 2.31. The Kier molecular flexibility index (Phi) is 3.78. The summed E-state index contributed by atoms with van der Waals surface area (Å²) in [6.07, 6.45) is 0.951. The average molecular weight is 279 g/mol. The maximum absolute atomic E-state index is 12.9. The first kappa shape index (κ1) is 13.9. The van der Waals surface area contributed by atoms with E-state index in [0.717, 1.165) is 12.0 Å². The summed E-state index contributed by atoms with van der Waals surface area (Å²) in [6.45, 7) is 5.11. The lowest BCUT2D eigenvalue weighted by Crippen LogP contribution is -2.47. The van der Waals surface area contributed by atoms with E-state index in [-0.39, 0.29) is 11.9 Å². The summed E-state index contributed by atoms with van der Waals surface area (Å²) in [5.41, 5.74) is 3.44. The Hall–Kier alpha value is -2.09. The molecule has 108 valence electrons. The Labute approximate surface area is 126 Å². The monoisotopic (exact) mass is 279 g/mol. The van der Waals surface area contributed by atoms with E-state index >= 15 is 0 Å². The summed E-state index contributed by atoms with van der Waals surface area (Å²) in [4.78, 5) is 14.9. The van der Waals surface area contributed by atoms with Crippen LogP contribution in [0.5, 0.6) is 0 Å². The van der Waals surface area contributed by atoms with Crippen LogP contribution >= 0.6 is 0 Å². The third-order valence-corrected chi connectivity index (χ3v) is 4.34. The molecule has 0 saturated carbocycles. The van der Waals surface area contributed by atoms with Crippen LogP contribution in [0, 0.1) is 5.92 Å². The molecular weight excluding hydrogens is 258 g/mol. The van der Waals surface area contributed by atoms with Crippen LogP contribution in [-0.2, 0) is 13.0 Å². The van der Waals surface area contributed by atoms with Crippen LogP contribution in [-0.4, -0.2) is 16.8 Å². The van der Waals surface area contributed by atoms with Crippen LogP contribution in [0.2, 0.25) is 0 Å². The Morgan fingerprint density at radius 2 is 1.62 bits per heavy atom. The molecule has 1 aliphatic rings. The molecule has 1 heterocycles. The molecule has 1 aliphatic heterocycles. The minimum Gasteiger partial charge on any atom is -0.331 e. The van der Waals surface area contributed by atoms with Gasteiger partial charge in [-0.2, -0.15) is 0 Å². The van der Waals surface area contributed by atoms with Gasteiger partial charge in [0.25, 0.3) is 5.91 Å². The lowest BCUT2D eigenvalue weighted by molar-refractivity contribution is 0.0580. The van der Waals surface area contributed by atoms with Gasteiger partial charge in [-0.25, -0.2) is 0 Å². The lowest BCUT2D eigenvalue weighted by atomic mass is 9.87. The van der Waals surface area contributed by atoms with E-state index in [2.05, 4.69) is 38.1 Å². The summed E-state index contributed by atoms with van der Waals surface area (Å²) in [6, 6.07) is 18.3. The van der Waals surface area contributed by atoms with Crippen molar-refractivity contribution in [2.45, 2.75) is 32.9 Å². The Morgan fingerprint density at radius 1 is 1.00 bits per heavy atom. The van der Waals surface area contributed by atoms with Crippen molar-refractivity contribution in [3.05, 3.63) is 71.3 Å². The predicted molar refractivity (Wildman–Crippen MR) is 85.1 cm³/mol. The summed E-state index contributed by atoms with van der Waals surface area (Å²) < 4.78 is 0. The second kappa shape index (κ2) is 5.72. The highest BCUT2D eigenvalue weighted by atomic mass is 16.2.